The Bertz CT molecular complexity index is 826. The number of hydrogen-bond donors (Lipinski definition) is 3. The molecule has 7 nitrogen and oxygen atoms in total. The summed E-state index contributed by atoms with van der Waals surface area (Å²) in [5, 5.41) is 15.8. The first-order valence-electron chi connectivity index (χ1n) is 13.1. The van der Waals surface area contributed by atoms with Crippen LogP contribution >= 0.6 is 0 Å². The smallest absolute Gasteiger partial charge is 0.331 e. The quantitative estimate of drug-likeness (QED) is 0.259. The summed E-state index contributed by atoms with van der Waals surface area (Å²) in [6, 6.07) is 0. The molecule has 1 aliphatic rings. The molecule has 0 bridgehead atoms. The van der Waals surface area contributed by atoms with E-state index in [9.17, 15) is 19.5 Å². The molecule has 0 aromatic rings. The Morgan fingerprint density at radius 2 is 1.83 bits per heavy atom. The van der Waals surface area contributed by atoms with E-state index in [1.807, 2.05) is 31.2 Å². The molecular formula is C29H44N2O5. The second-order valence-electron chi connectivity index (χ2n) is 9.08. The van der Waals surface area contributed by atoms with Gasteiger partial charge in [-0.1, -0.05) is 88.1 Å². The first kappa shape index (κ1) is 31.1. The first-order valence-corrected chi connectivity index (χ1v) is 13.1. The molecule has 0 spiro atoms. The van der Waals surface area contributed by atoms with Crippen LogP contribution in [0.5, 0.6) is 0 Å². The lowest BCUT2D eigenvalue weighted by Gasteiger charge is -2.21. The first-order chi connectivity index (χ1) is 17.3. The zero-order valence-corrected chi connectivity index (χ0v) is 22.1. The predicted molar refractivity (Wildman–Crippen MR) is 144 cm³/mol. The fourth-order valence-corrected chi connectivity index (χ4v) is 3.45. The lowest BCUT2D eigenvalue weighted by Crippen LogP contribution is -2.43. The summed E-state index contributed by atoms with van der Waals surface area (Å²) in [5.74, 6) is -1.87. The number of nitrogens with one attached hydrogen (secondary N) is 2. The fraction of sp³-hybridized carbons (Fsp3) is 0.552. The zero-order valence-electron chi connectivity index (χ0n) is 22.1. The van der Waals surface area contributed by atoms with Gasteiger partial charge in [0.1, 0.15) is 6.10 Å². The standard InChI is InChI=1S/C29H44N2O5/c1-4-5-6-7-8-9-12-15-18-23(2)26-21-27(33)31-22-25(32)24(3)29(35)30-20-17-14-11-10-13-16-19-28(34)36-26/h10-16,18-19,24-26,32H,4-9,17,20-22H2,1-3H3,(H,30,35)(H,31,33)/b13-10+,14-11+,15-12+,19-16-,23-18+/t24-,25-,26-/m0/s1. The molecule has 0 saturated heterocycles. The second kappa shape index (κ2) is 19.3. The number of unbranched alkanes of at least 4 members (excludes halogenated alkanes) is 5. The molecule has 1 aliphatic heterocycles. The molecule has 2 amide bonds. The normalized spacial score (nSPS) is 26.2. The number of rotatable bonds is 8. The van der Waals surface area contributed by atoms with Crippen molar-refractivity contribution in [1.82, 2.24) is 10.6 Å². The number of allylic oxidation sites excluding steroid dienone is 7. The molecule has 0 radical (unpaired) electrons. The summed E-state index contributed by atoms with van der Waals surface area (Å²) >= 11 is 0. The maximum absolute atomic E-state index is 12.6. The average molecular weight is 501 g/mol. The lowest BCUT2D eigenvalue weighted by atomic mass is 10.0. The third kappa shape index (κ3) is 14.5. The average Bonchev–Trinajstić information content (AvgIpc) is 2.86. The van der Waals surface area contributed by atoms with E-state index in [0.717, 1.165) is 18.4 Å². The van der Waals surface area contributed by atoms with Crippen LogP contribution in [-0.4, -0.2) is 48.2 Å². The number of esters is 1. The molecule has 0 aliphatic carbocycles. The molecule has 7 heteroatoms. The molecule has 1 rings (SSSR count). The largest absolute Gasteiger partial charge is 0.454 e. The lowest BCUT2D eigenvalue weighted by molar-refractivity contribution is -0.143. The van der Waals surface area contributed by atoms with Crippen molar-refractivity contribution in [3.05, 3.63) is 60.3 Å². The van der Waals surface area contributed by atoms with Crippen molar-refractivity contribution in [3.63, 3.8) is 0 Å². The van der Waals surface area contributed by atoms with E-state index >= 15 is 0 Å². The van der Waals surface area contributed by atoms with E-state index in [4.69, 9.17) is 4.74 Å². The highest BCUT2D eigenvalue weighted by Crippen LogP contribution is 2.13. The van der Waals surface area contributed by atoms with Crippen LogP contribution in [0, 0.1) is 5.92 Å². The van der Waals surface area contributed by atoms with Crippen molar-refractivity contribution in [1.29, 1.82) is 0 Å². The summed E-state index contributed by atoms with van der Waals surface area (Å²) in [4.78, 5) is 37.2. The van der Waals surface area contributed by atoms with Gasteiger partial charge >= 0.3 is 5.97 Å². The molecule has 3 atom stereocenters. The van der Waals surface area contributed by atoms with Gasteiger partial charge in [0, 0.05) is 19.2 Å². The van der Waals surface area contributed by atoms with Crippen LogP contribution in [-0.2, 0) is 19.1 Å². The topological polar surface area (TPSA) is 105 Å². The highest BCUT2D eigenvalue weighted by atomic mass is 16.5. The summed E-state index contributed by atoms with van der Waals surface area (Å²) in [5.41, 5.74) is 0.742. The van der Waals surface area contributed by atoms with Gasteiger partial charge in [-0.15, -0.1) is 0 Å². The Kier molecular flexibility index (Phi) is 16.7. The van der Waals surface area contributed by atoms with Crippen molar-refractivity contribution in [2.45, 2.75) is 84.3 Å². The molecule has 0 aromatic heterocycles. The highest BCUT2D eigenvalue weighted by molar-refractivity contribution is 5.83. The molecule has 0 fully saturated rings. The van der Waals surface area contributed by atoms with E-state index in [2.05, 4.69) is 23.6 Å². The van der Waals surface area contributed by atoms with Crippen molar-refractivity contribution in [3.8, 4) is 0 Å². The number of cyclic esters (lactones) is 1. The third-order valence-corrected chi connectivity index (χ3v) is 5.92. The van der Waals surface area contributed by atoms with Crippen LogP contribution in [0.3, 0.4) is 0 Å². The number of aliphatic hydroxyl groups excluding tert-OH is 1. The van der Waals surface area contributed by atoms with E-state index in [0.29, 0.717) is 13.0 Å². The Labute approximate surface area is 216 Å². The number of carbonyl (C=O) groups is 3. The molecule has 0 unspecified atom stereocenters. The minimum absolute atomic E-state index is 0.0709. The Morgan fingerprint density at radius 3 is 2.61 bits per heavy atom. The number of amides is 2. The number of aliphatic hydroxyl groups is 1. The third-order valence-electron chi connectivity index (χ3n) is 5.92. The van der Waals surface area contributed by atoms with Crippen LogP contribution in [0.1, 0.15) is 72.1 Å². The van der Waals surface area contributed by atoms with Gasteiger partial charge in [-0.05, 0) is 31.8 Å². The van der Waals surface area contributed by atoms with Crippen molar-refractivity contribution >= 4 is 17.8 Å². The number of hydrogen-bond acceptors (Lipinski definition) is 5. The van der Waals surface area contributed by atoms with Gasteiger partial charge < -0.3 is 20.5 Å². The van der Waals surface area contributed by atoms with Crippen molar-refractivity contribution < 1.29 is 24.2 Å². The Balaban J connectivity index is 2.87. The number of ether oxygens (including phenoxy) is 1. The molecule has 200 valence electrons. The van der Waals surface area contributed by atoms with E-state index in [1.54, 1.807) is 25.2 Å². The summed E-state index contributed by atoms with van der Waals surface area (Å²) in [6.45, 7) is 6.01. The van der Waals surface area contributed by atoms with Crippen LogP contribution in [0.25, 0.3) is 0 Å². The molecule has 0 aromatic carbocycles. The molecule has 0 saturated carbocycles. The maximum Gasteiger partial charge on any atom is 0.331 e. The summed E-state index contributed by atoms with van der Waals surface area (Å²) in [7, 11) is 0. The van der Waals surface area contributed by atoms with Crippen molar-refractivity contribution in [2.75, 3.05) is 13.1 Å². The van der Waals surface area contributed by atoms with Gasteiger partial charge in [-0.2, -0.15) is 0 Å². The second-order valence-corrected chi connectivity index (χ2v) is 9.08. The van der Waals surface area contributed by atoms with Crippen molar-refractivity contribution in [2.24, 2.45) is 5.92 Å². The van der Waals surface area contributed by atoms with Gasteiger partial charge in [0.05, 0.1) is 18.4 Å². The molecule has 3 N–H and O–H groups in total. The van der Waals surface area contributed by atoms with Gasteiger partial charge in [-0.3, -0.25) is 9.59 Å². The van der Waals surface area contributed by atoms with Gasteiger partial charge in [-0.25, -0.2) is 4.79 Å². The highest BCUT2D eigenvalue weighted by Gasteiger charge is 2.24. The summed E-state index contributed by atoms with van der Waals surface area (Å²) < 4.78 is 5.57. The van der Waals surface area contributed by atoms with E-state index in [1.165, 1.54) is 31.8 Å². The van der Waals surface area contributed by atoms with Gasteiger partial charge in [0.25, 0.3) is 0 Å². The minimum Gasteiger partial charge on any atom is -0.454 e. The number of β-amino-alcohol motifs (C(OH)–C–C–N with tert-alkyl or cyclic N) is 1. The van der Waals surface area contributed by atoms with E-state index < -0.39 is 24.1 Å². The predicted octanol–water partition coefficient (Wildman–Crippen LogP) is 4.45. The van der Waals surface area contributed by atoms with Crippen LogP contribution < -0.4 is 10.6 Å². The van der Waals surface area contributed by atoms with Crippen LogP contribution in [0.15, 0.2) is 60.3 Å². The Hall–Kier alpha value is -2.93. The van der Waals surface area contributed by atoms with Crippen LogP contribution in [0.2, 0.25) is 0 Å². The zero-order chi connectivity index (χ0) is 26.6. The maximum atomic E-state index is 12.6. The monoisotopic (exact) mass is 500 g/mol. The minimum atomic E-state index is -1.03. The molecule has 36 heavy (non-hydrogen) atoms. The van der Waals surface area contributed by atoms with E-state index in [-0.39, 0.29) is 24.8 Å². The molecular weight excluding hydrogens is 456 g/mol. The number of carbonyl (C=O) groups excluding carboxylic acids is 3. The molecule has 1 heterocycles. The fourth-order valence-electron chi connectivity index (χ4n) is 3.45. The SMILES string of the molecule is CCCCCCC/C=C/C=C(\C)[C@@H]1CC(=O)NC[C@H](O)[C@H](C)C(=O)NCC/C=C/C=C/C=C\C(=O)O1. The van der Waals surface area contributed by atoms with Crippen LogP contribution in [0.4, 0.5) is 0 Å². The van der Waals surface area contributed by atoms with Gasteiger partial charge in [0.2, 0.25) is 11.8 Å². The van der Waals surface area contributed by atoms with Gasteiger partial charge in [0.15, 0.2) is 0 Å². The summed E-state index contributed by atoms with van der Waals surface area (Å²) in [6.07, 6.45) is 21.8. The Morgan fingerprint density at radius 1 is 1.08 bits per heavy atom.